The fraction of sp³-hybridized carbons (Fsp3) is 0.583. The molecule has 0 bridgehead atoms. The summed E-state index contributed by atoms with van der Waals surface area (Å²) >= 11 is 3.35. The molecular formula is C12H14BrNO2. The van der Waals surface area contributed by atoms with E-state index in [1.807, 2.05) is 10.8 Å². The van der Waals surface area contributed by atoms with Gasteiger partial charge in [0.25, 0.3) is 0 Å². The lowest BCUT2D eigenvalue weighted by atomic mass is 10.0. The molecule has 0 aliphatic heterocycles. The highest BCUT2D eigenvalue weighted by atomic mass is 79.9. The van der Waals surface area contributed by atoms with E-state index in [-0.39, 0.29) is 0 Å². The van der Waals surface area contributed by atoms with Crippen LogP contribution < -0.4 is 0 Å². The standard InChI is InChI=1S/C12H14BrNO2/c13-9-5-10(11(15)16)14(6-9)7-12(3-4-12)8-1-2-8/h5-6,8H,1-4,7H2,(H,15,16). The normalized spacial score (nSPS) is 22.1. The summed E-state index contributed by atoms with van der Waals surface area (Å²) in [7, 11) is 0. The first-order valence-corrected chi connectivity index (χ1v) is 6.49. The highest BCUT2D eigenvalue weighted by molar-refractivity contribution is 9.10. The second-order valence-electron chi connectivity index (χ2n) is 5.11. The quantitative estimate of drug-likeness (QED) is 0.923. The molecule has 2 aliphatic carbocycles. The summed E-state index contributed by atoms with van der Waals surface area (Å²) in [5.41, 5.74) is 0.835. The molecule has 1 N–H and O–H groups in total. The van der Waals surface area contributed by atoms with Crippen molar-refractivity contribution in [3.8, 4) is 0 Å². The maximum absolute atomic E-state index is 11.1. The fourth-order valence-corrected chi connectivity index (χ4v) is 3.14. The Bertz CT molecular complexity index is 444. The first-order valence-electron chi connectivity index (χ1n) is 5.70. The molecule has 0 radical (unpaired) electrons. The van der Waals surface area contributed by atoms with Crippen LogP contribution in [0.5, 0.6) is 0 Å². The first-order chi connectivity index (χ1) is 7.61. The van der Waals surface area contributed by atoms with Crippen molar-refractivity contribution in [2.75, 3.05) is 0 Å². The zero-order valence-corrected chi connectivity index (χ0v) is 10.5. The molecule has 0 saturated heterocycles. The van der Waals surface area contributed by atoms with Crippen molar-refractivity contribution < 1.29 is 9.90 Å². The van der Waals surface area contributed by atoms with E-state index in [1.165, 1.54) is 25.7 Å². The monoisotopic (exact) mass is 283 g/mol. The van der Waals surface area contributed by atoms with Crippen LogP contribution >= 0.6 is 15.9 Å². The van der Waals surface area contributed by atoms with E-state index >= 15 is 0 Å². The van der Waals surface area contributed by atoms with Gasteiger partial charge >= 0.3 is 5.97 Å². The Balaban J connectivity index is 1.86. The number of carbonyl (C=O) groups is 1. The molecule has 1 aromatic rings. The Morgan fingerprint density at radius 1 is 1.56 bits per heavy atom. The van der Waals surface area contributed by atoms with E-state index in [2.05, 4.69) is 15.9 Å². The average Bonchev–Trinajstić information content (AvgIpc) is 3.05. The van der Waals surface area contributed by atoms with Gasteiger partial charge < -0.3 is 9.67 Å². The van der Waals surface area contributed by atoms with E-state index in [0.29, 0.717) is 11.1 Å². The molecular weight excluding hydrogens is 270 g/mol. The molecule has 0 atom stereocenters. The van der Waals surface area contributed by atoms with E-state index < -0.39 is 5.97 Å². The number of halogens is 1. The van der Waals surface area contributed by atoms with E-state index in [1.54, 1.807) is 6.07 Å². The number of carboxylic acid groups (broad SMARTS) is 1. The van der Waals surface area contributed by atoms with Gasteiger partial charge in [-0.2, -0.15) is 0 Å². The number of aromatic nitrogens is 1. The number of aromatic carboxylic acids is 1. The molecule has 3 rings (SSSR count). The third kappa shape index (κ3) is 1.69. The molecule has 1 aromatic heterocycles. The Morgan fingerprint density at radius 3 is 2.75 bits per heavy atom. The Hall–Kier alpha value is -0.770. The Morgan fingerprint density at radius 2 is 2.25 bits per heavy atom. The third-order valence-electron chi connectivity index (χ3n) is 3.90. The minimum Gasteiger partial charge on any atom is -0.477 e. The number of nitrogens with zero attached hydrogens (tertiary/aromatic N) is 1. The van der Waals surface area contributed by atoms with Crippen molar-refractivity contribution >= 4 is 21.9 Å². The first kappa shape index (κ1) is 10.4. The van der Waals surface area contributed by atoms with Crippen LogP contribution in [0, 0.1) is 11.3 Å². The zero-order valence-electron chi connectivity index (χ0n) is 8.95. The molecule has 86 valence electrons. The average molecular weight is 284 g/mol. The van der Waals surface area contributed by atoms with Crippen LogP contribution in [0.4, 0.5) is 0 Å². The van der Waals surface area contributed by atoms with Gasteiger partial charge in [-0.25, -0.2) is 4.79 Å². The molecule has 0 spiro atoms. The van der Waals surface area contributed by atoms with Gasteiger partial charge in [-0.1, -0.05) is 0 Å². The van der Waals surface area contributed by atoms with E-state index in [9.17, 15) is 4.79 Å². The third-order valence-corrected chi connectivity index (χ3v) is 4.34. The molecule has 16 heavy (non-hydrogen) atoms. The molecule has 0 aromatic carbocycles. The summed E-state index contributed by atoms with van der Waals surface area (Å²) in [6.07, 6.45) is 7.11. The smallest absolute Gasteiger partial charge is 0.352 e. The number of hydrogen-bond acceptors (Lipinski definition) is 1. The van der Waals surface area contributed by atoms with Gasteiger partial charge in [-0.15, -0.1) is 0 Å². The predicted molar refractivity (Wildman–Crippen MR) is 63.5 cm³/mol. The van der Waals surface area contributed by atoms with Crippen molar-refractivity contribution in [1.82, 2.24) is 4.57 Å². The zero-order chi connectivity index (χ0) is 11.3. The van der Waals surface area contributed by atoms with Crippen molar-refractivity contribution in [2.45, 2.75) is 32.2 Å². The maximum atomic E-state index is 11.1. The molecule has 0 unspecified atom stereocenters. The van der Waals surface area contributed by atoms with Crippen LogP contribution in [0.3, 0.4) is 0 Å². The number of hydrogen-bond donors (Lipinski definition) is 1. The molecule has 3 nitrogen and oxygen atoms in total. The summed E-state index contributed by atoms with van der Waals surface area (Å²) in [5, 5.41) is 9.11. The lowest BCUT2D eigenvalue weighted by Gasteiger charge is -2.16. The van der Waals surface area contributed by atoms with Gasteiger partial charge in [0.15, 0.2) is 0 Å². The maximum Gasteiger partial charge on any atom is 0.352 e. The molecule has 1 heterocycles. The summed E-state index contributed by atoms with van der Waals surface area (Å²) in [5.74, 6) is 0.0209. The van der Waals surface area contributed by atoms with E-state index in [4.69, 9.17) is 5.11 Å². The van der Waals surface area contributed by atoms with Crippen LogP contribution in [-0.4, -0.2) is 15.6 Å². The number of carboxylic acids is 1. The lowest BCUT2D eigenvalue weighted by Crippen LogP contribution is -2.17. The number of rotatable bonds is 4. The second-order valence-corrected chi connectivity index (χ2v) is 6.03. The van der Waals surface area contributed by atoms with Crippen LogP contribution in [0.1, 0.15) is 36.2 Å². The summed E-state index contributed by atoms with van der Waals surface area (Å²) in [6, 6.07) is 1.69. The topological polar surface area (TPSA) is 42.2 Å². The van der Waals surface area contributed by atoms with Gasteiger partial charge in [0, 0.05) is 17.2 Å². The fourth-order valence-electron chi connectivity index (χ4n) is 2.68. The summed E-state index contributed by atoms with van der Waals surface area (Å²) in [4.78, 5) is 11.1. The molecule has 4 heteroatoms. The molecule has 2 aliphatic rings. The lowest BCUT2D eigenvalue weighted by molar-refractivity contribution is 0.0683. The van der Waals surface area contributed by atoms with Crippen molar-refractivity contribution in [3.63, 3.8) is 0 Å². The summed E-state index contributed by atoms with van der Waals surface area (Å²) in [6.45, 7) is 0.880. The second kappa shape index (κ2) is 3.36. The minimum atomic E-state index is -0.836. The van der Waals surface area contributed by atoms with Gasteiger partial charge in [0.05, 0.1) is 0 Å². The van der Waals surface area contributed by atoms with Crippen molar-refractivity contribution in [2.24, 2.45) is 11.3 Å². The highest BCUT2D eigenvalue weighted by Crippen LogP contribution is 2.62. The minimum absolute atomic E-state index is 0.402. The van der Waals surface area contributed by atoms with Crippen molar-refractivity contribution in [1.29, 1.82) is 0 Å². The summed E-state index contributed by atoms with van der Waals surface area (Å²) < 4.78 is 2.76. The van der Waals surface area contributed by atoms with Gasteiger partial charge in [-0.05, 0) is 59.0 Å². The molecule has 2 saturated carbocycles. The Kier molecular flexibility index (Phi) is 2.18. The van der Waals surface area contributed by atoms with Gasteiger partial charge in [-0.3, -0.25) is 0 Å². The van der Waals surface area contributed by atoms with Crippen LogP contribution in [0.2, 0.25) is 0 Å². The van der Waals surface area contributed by atoms with Crippen LogP contribution in [0.15, 0.2) is 16.7 Å². The van der Waals surface area contributed by atoms with Crippen LogP contribution in [0.25, 0.3) is 0 Å². The van der Waals surface area contributed by atoms with Crippen LogP contribution in [-0.2, 0) is 6.54 Å². The SMILES string of the molecule is O=C(O)c1cc(Br)cn1CC1(C2CC2)CC1. The highest BCUT2D eigenvalue weighted by Gasteiger charge is 2.53. The van der Waals surface area contributed by atoms with Crippen molar-refractivity contribution in [3.05, 3.63) is 22.4 Å². The van der Waals surface area contributed by atoms with E-state index in [0.717, 1.165) is 16.9 Å². The molecule has 2 fully saturated rings. The molecule has 0 amide bonds. The largest absolute Gasteiger partial charge is 0.477 e. The predicted octanol–water partition coefficient (Wildman–Crippen LogP) is 3.14. The Labute approximate surface area is 103 Å². The van der Waals surface area contributed by atoms with Gasteiger partial charge in [0.2, 0.25) is 0 Å². The van der Waals surface area contributed by atoms with Gasteiger partial charge in [0.1, 0.15) is 5.69 Å².